The minimum Gasteiger partial charge on any atom is -0.328 e. The van der Waals surface area contributed by atoms with Crippen LogP contribution in [0.25, 0.3) is 11.1 Å². The molecule has 0 aromatic heterocycles. The number of aliphatic imine (C=N–C) groups is 1. The van der Waals surface area contributed by atoms with Crippen molar-refractivity contribution >= 4 is 18.8 Å². The van der Waals surface area contributed by atoms with Gasteiger partial charge in [-0.15, -0.1) is 12.6 Å². The third-order valence-corrected chi connectivity index (χ3v) is 5.50. The van der Waals surface area contributed by atoms with E-state index in [-0.39, 0.29) is 5.82 Å². The molecule has 2 aromatic rings. The summed E-state index contributed by atoms with van der Waals surface area (Å²) in [5.74, 6) is 0.652. The largest absolute Gasteiger partial charge is 0.328 e. The summed E-state index contributed by atoms with van der Waals surface area (Å²) in [6, 6.07) is 14.9. The first-order chi connectivity index (χ1) is 14.7. The zero-order valence-corrected chi connectivity index (χ0v) is 21.4. The summed E-state index contributed by atoms with van der Waals surface area (Å²) in [4.78, 5) is 4.25. The van der Waals surface area contributed by atoms with Crippen molar-refractivity contribution in [3.63, 3.8) is 0 Å². The van der Waals surface area contributed by atoms with Crippen molar-refractivity contribution in [2.24, 2.45) is 22.1 Å². The number of nitrogens with two attached hydrogens (primary N) is 1. The Labute approximate surface area is 196 Å². The van der Waals surface area contributed by atoms with Gasteiger partial charge in [0, 0.05) is 18.0 Å². The smallest absolute Gasteiger partial charge is 0.124 e. The minimum atomic E-state index is -0.253. The molecular weight excluding hydrogens is 403 g/mol. The highest BCUT2D eigenvalue weighted by Crippen LogP contribution is 2.37. The summed E-state index contributed by atoms with van der Waals surface area (Å²) in [7, 11) is 1.75. The molecule has 0 unspecified atom stereocenters. The average Bonchev–Trinajstić information content (AvgIpc) is 2.75. The molecule has 1 aliphatic carbocycles. The first kappa shape index (κ1) is 29.4. The van der Waals surface area contributed by atoms with E-state index in [9.17, 15) is 4.39 Å². The van der Waals surface area contributed by atoms with E-state index in [1.54, 1.807) is 13.3 Å². The highest BCUT2D eigenvalue weighted by molar-refractivity contribution is 7.80. The summed E-state index contributed by atoms with van der Waals surface area (Å²) >= 11 is 4.13. The molecule has 1 aliphatic rings. The lowest BCUT2D eigenvalue weighted by Crippen LogP contribution is -2.31. The van der Waals surface area contributed by atoms with Gasteiger partial charge in [0.05, 0.1) is 0 Å². The number of nitrogens with zero attached hydrogens (tertiary/aromatic N) is 1. The van der Waals surface area contributed by atoms with Crippen molar-refractivity contribution in [2.45, 2.75) is 78.2 Å². The lowest BCUT2D eigenvalue weighted by molar-refractivity contribution is 0.170. The van der Waals surface area contributed by atoms with Crippen LogP contribution in [0, 0.1) is 17.2 Å². The van der Waals surface area contributed by atoms with Crippen molar-refractivity contribution in [2.75, 3.05) is 7.05 Å². The Morgan fingerprint density at radius 2 is 1.48 bits per heavy atom. The number of rotatable bonds is 1. The number of hydrogen-bond acceptors (Lipinski definition) is 3. The third kappa shape index (κ3) is 12.7. The van der Waals surface area contributed by atoms with Crippen molar-refractivity contribution in [1.29, 1.82) is 0 Å². The predicted molar refractivity (Wildman–Crippen MR) is 140 cm³/mol. The first-order valence-corrected chi connectivity index (χ1v) is 11.8. The van der Waals surface area contributed by atoms with Crippen molar-refractivity contribution in [3.05, 3.63) is 54.3 Å². The summed E-state index contributed by atoms with van der Waals surface area (Å²) in [6.45, 7) is 12.9. The Morgan fingerprint density at radius 3 is 1.90 bits per heavy atom. The van der Waals surface area contributed by atoms with Crippen LogP contribution in [0.1, 0.15) is 67.2 Å². The first-order valence-electron chi connectivity index (χ1n) is 11.3. The molecule has 0 saturated heterocycles. The van der Waals surface area contributed by atoms with E-state index in [0.29, 0.717) is 16.4 Å². The molecular formula is C27H43FN2S. The van der Waals surface area contributed by atoms with Gasteiger partial charge in [-0.05, 0) is 79.5 Å². The van der Waals surface area contributed by atoms with Crippen LogP contribution >= 0.6 is 12.6 Å². The summed E-state index contributed by atoms with van der Waals surface area (Å²) in [5, 5.41) is 0. The highest BCUT2D eigenvalue weighted by Gasteiger charge is 2.28. The molecule has 174 valence electrons. The van der Waals surface area contributed by atoms with Gasteiger partial charge in [-0.3, -0.25) is 0 Å². The van der Waals surface area contributed by atoms with Crippen molar-refractivity contribution < 1.29 is 4.39 Å². The number of thiol groups is 1. The molecule has 2 aromatic carbocycles. The van der Waals surface area contributed by atoms with Gasteiger partial charge in [-0.2, -0.15) is 0 Å². The van der Waals surface area contributed by atoms with E-state index in [2.05, 4.69) is 38.4 Å². The van der Waals surface area contributed by atoms with Crippen LogP contribution in [0.4, 0.5) is 4.39 Å². The molecule has 0 amide bonds. The fourth-order valence-corrected chi connectivity index (χ4v) is 3.62. The Morgan fingerprint density at radius 1 is 0.968 bits per heavy atom. The third-order valence-electron chi connectivity index (χ3n) is 5.24. The summed E-state index contributed by atoms with van der Waals surface area (Å²) < 4.78 is 13.1. The molecule has 0 bridgehead atoms. The van der Waals surface area contributed by atoms with Crippen LogP contribution in [0.5, 0.6) is 0 Å². The zero-order valence-electron chi connectivity index (χ0n) is 20.5. The fourth-order valence-electron chi connectivity index (χ4n) is 3.36. The Kier molecular flexibility index (Phi) is 15.2. The molecule has 3 rings (SSSR count). The fraction of sp³-hybridized carbons (Fsp3) is 0.519. The Bertz CT molecular complexity index is 706. The van der Waals surface area contributed by atoms with E-state index in [1.165, 1.54) is 37.8 Å². The SMILES string of the molecule is CC.CC(C)(C)C1CCC(N)CC1.CC=NC.Fc1cc(S)cc(-c2ccccc2)c1. The second kappa shape index (κ2) is 16.0. The van der Waals surface area contributed by atoms with E-state index in [1.807, 2.05) is 57.2 Å². The normalized spacial score (nSPS) is 18.0. The van der Waals surface area contributed by atoms with Crippen LogP contribution < -0.4 is 5.73 Å². The second-order valence-corrected chi connectivity index (χ2v) is 9.07. The molecule has 1 fully saturated rings. The van der Waals surface area contributed by atoms with E-state index >= 15 is 0 Å². The van der Waals surface area contributed by atoms with Gasteiger partial charge in [0.2, 0.25) is 0 Å². The van der Waals surface area contributed by atoms with Crippen molar-refractivity contribution in [1.82, 2.24) is 0 Å². The molecule has 0 atom stereocenters. The van der Waals surface area contributed by atoms with Gasteiger partial charge in [0.15, 0.2) is 0 Å². The summed E-state index contributed by atoms with van der Waals surface area (Å²) in [6.07, 6.45) is 6.90. The number of hydrogen-bond donors (Lipinski definition) is 2. The van der Waals surface area contributed by atoms with Gasteiger partial charge in [-0.25, -0.2) is 4.39 Å². The average molecular weight is 447 g/mol. The maximum Gasteiger partial charge on any atom is 0.124 e. The highest BCUT2D eigenvalue weighted by atomic mass is 32.1. The topological polar surface area (TPSA) is 38.4 Å². The lowest BCUT2D eigenvalue weighted by Gasteiger charge is -2.35. The van der Waals surface area contributed by atoms with Gasteiger partial charge in [0.25, 0.3) is 0 Å². The van der Waals surface area contributed by atoms with Gasteiger partial charge in [-0.1, -0.05) is 65.0 Å². The number of halogens is 1. The van der Waals surface area contributed by atoms with Gasteiger partial charge < -0.3 is 10.7 Å². The molecule has 4 heteroatoms. The molecule has 31 heavy (non-hydrogen) atoms. The van der Waals surface area contributed by atoms with E-state index in [0.717, 1.165) is 17.0 Å². The molecule has 0 spiro atoms. The van der Waals surface area contributed by atoms with E-state index in [4.69, 9.17) is 5.73 Å². The standard InChI is InChI=1S/C12H9FS.C10H21N.C3H7N.C2H6/c13-11-6-10(7-12(14)8-11)9-4-2-1-3-5-9;1-10(2,3)8-4-6-9(11)7-5-8;1-3-4-2;1-2/h1-8,14H;8-9H,4-7,11H2,1-3H3;3H,1-2H3;1-2H3. The quantitative estimate of drug-likeness (QED) is 0.337. The molecule has 0 radical (unpaired) electrons. The lowest BCUT2D eigenvalue weighted by atomic mass is 9.71. The molecule has 2 nitrogen and oxygen atoms in total. The Hall–Kier alpha value is -1.65. The van der Waals surface area contributed by atoms with Gasteiger partial charge >= 0.3 is 0 Å². The van der Waals surface area contributed by atoms with Gasteiger partial charge in [0.1, 0.15) is 5.82 Å². The maximum absolute atomic E-state index is 13.1. The molecule has 0 heterocycles. The second-order valence-electron chi connectivity index (χ2n) is 8.56. The maximum atomic E-state index is 13.1. The van der Waals surface area contributed by atoms with Crippen LogP contribution in [0.3, 0.4) is 0 Å². The van der Waals surface area contributed by atoms with Crippen LogP contribution in [0.15, 0.2) is 58.4 Å². The number of benzene rings is 2. The van der Waals surface area contributed by atoms with E-state index < -0.39 is 0 Å². The summed E-state index contributed by atoms with van der Waals surface area (Å²) in [5.41, 5.74) is 8.20. The monoisotopic (exact) mass is 446 g/mol. The van der Waals surface area contributed by atoms with Crippen LogP contribution in [0.2, 0.25) is 0 Å². The molecule has 2 N–H and O–H groups in total. The van der Waals surface area contributed by atoms with Crippen LogP contribution in [-0.4, -0.2) is 19.3 Å². The van der Waals surface area contributed by atoms with Crippen molar-refractivity contribution in [3.8, 4) is 11.1 Å². The molecule has 0 aliphatic heterocycles. The minimum absolute atomic E-state index is 0.253. The molecule has 1 saturated carbocycles. The Balaban J connectivity index is 0.000000473. The van der Waals surface area contributed by atoms with Crippen LogP contribution in [-0.2, 0) is 0 Å². The zero-order chi connectivity index (χ0) is 23.9. The predicted octanol–water partition coefficient (Wildman–Crippen LogP) is 8.06.